The molecule has 0 radical (unpaired) electrons. The van der Waals surface area contributed by atoms with Crippen LogP contribution in [0.15, 0.2) is 28.0 Å². The van der Waals surface area contributed by atoms with Crippen LogP contribution in [0.25, 0.3) is 11.0 Å². The van der Waals surface area contributed by atoms with E-state index in [0.29, 0.717) is 0 Å². The number of fused-ring (bicyclic) bond motifs is 1. The zero-order chi connectivity index (χ0) is 10.8. The highest BCUT2D eigenvalue weighted by Crippen LogP contribution is 2.18. The number of hydrogen-bond acceptors (Lipinski definition) is 4. The molecule has 0 bridgehead atoms. The van der Waals surface area contributed by atoms with Crippen molar-refractivity contribution in [1.82, 2.24) is 9.97 Å². The van der Waals surface area contributed by atoms with Gasteiger partial charge in [-0.3, -0.25) is 9.78 Å². The number of ether oxygens (including phenoxy) is 1. The molecule has 0 saturated carbocycles. The summed E-state index contributed by atoms with van der Waals surface area (Å²) in [6.45, 7) is 0. The van der Waals surface area contributed by atoms with E-state index >= 15 is 0 Å². The number of H-pyrrole nitrogens is 1. The lowest BCUT2D eigenvalue weighted by Crippen LogP contribution is -2.09. The molecule has 0 fully saturated rings. The van der Waals surface area contributed by atoms with Crippen molar-refractivity contribution in [1.29, 1.82) is 0 Å². The molecule has 78 valence electrons. The van der Waals surface area contributed by atoms with Gasteiger partial charge in [-0.25, -0.2) is 0 Å². The van der Waals surface area contributed by atoms with E-state index in [4.69, 9.17) is 4.74 Å². The summed E-state index contributed by atoms with van der Waals surface area (Å²) in [4.78, 5) is 19.4. The SMILES string of the molecule is COc1cc2ncc(SC)cc2[nH]c1=O. The van der Waals surface area contributed by atoms with E-state index in [1.54, 1.807) is 24.0 Å². The topological polar surface area (TPSA) is 55.0 Å². The second-order valence-corrected chi connectivity index (χ2v) is 3.85. The van der Waals surface area contributed by atoms with Gasteiger partial charge in [-0.15, -0.1) is 11.8 Å². The molecule has 2 aromatic rings. The van der Waals surface area contributed by atoms with Gasteiger partial charge in [0.1, 0.15) is 0 Å². The number of aromatic nitrogens is 2. The Labute approximate surface area is 90.7 Å². The minimum absolute atomic E-state index is 0.231. The fraction of sp³-hybridized carbons (Fsp3) is 0.200. The third-order valence-corrected chi connectivity index (χ3v) is 2.78. The molecule has 0 aliphatic carbocycles. The summed E-state index contributed by atoms with van der Waals surface area (Å²) < 4.78 is 4.92. The quantitative estimate of drug-likeness (QED) is 0.785. The third-order valence-electron chi connectivity index (χ3n) is 2.09. The highest BCUT2D eigenvalue weighted by molar-refractivity contribution is 7.98. The maximum atomic E-state index is 11.4. The van der Waals surface area contributed by atoms with Crippen LogP contribution < -0.4 is 10.3 Å². The zero-order valence-electron chi connectivity index (χ0n) is 8.40. The molecular formula is C10H10N2O2S. The van der Waals surface area contributed by atoms with Crippen LogP contribution >= 0.6 is 11.8 Å². The maximum Gasteiger partial charge on any atom is 0.290 e. The highest BCUT2D eigenvalue weighted by Gasteiger charge is 2.03. The Kier molecular flexibility index (Phi) is 2.64. The third kappa shape index (κ3) is 1.83. The van der Waals surface area contributed by atoms with Crippen LogP contribution in [0, 0.1) is 0 Å². The van der Waals surface area contributed by atoms with E-state index in [1.807, 2.05) is 12.3 Å². The fourth-order valence-corrected chi connectivity index (χ4v) is 1.70. The van der Waals surface area contributed by atoms with Gasteiger partial charge in [0.15, 0.2) is 5.75 Å². The summed E-state index contributed by atoms with van der Waals surface area (Å²) in [5, 5.41) is 0. The van der Waals surface area contributed by atoms with Crippen molar-refractivity contribution in [3.05, 3.63) is 28.7 Å². The molecule has 0 aliphatic rings. The minimum Gasteiger partial charge on any atom is -0.491 e. The molecule has 0 amide bonds. The molecule has 0 spiro atoms. The summed E-state index contributed by atoms with van der Waals surface area (Å²) in [6, 6.07) is 3.53. The number of hydrogen-bond donors (Lipinski definition) is 1. The molecule has 5 heteroatoms. The molecule has 1 N–H and O–H groups in total. The van der Waals surface area contributed by atoms with E-state index in [2.05, 4.69) is 9.97 Å². The van der Waals surface area contributed by atoms with Crippen molar-refractivity contribution in [2.45, 2.75) is 4.90 Å². The first-order valence-corrected chi connectivity index (χ1v) is 5.58. The van der Waals surface area contributed by atoms with Gasteiger partial charge in [0, 0.05) is 17.2 Å². The van der Waals surface area contributed by atoms with E-state index in [1.165, 1.54) is 7.11 Å². The number of nitrogens with one attached hydrogen (secondary N) is 1. The van der Waals surface area contributed by atoms with Crippen LogP contribution in [0.3, 0.4) is 0 Å². The highest BCUT2D eigenvalue weighted by atomic mass is 32.2. The molecule has 2 rings (SSSR count). The lowest BCUT2D eigenvalue weighted by molar-refractivity contribution is 0.409. The van der Waals surface area contributed by atoms with E-state index in [-0.39, 0.29) is 11.3 Å². The number of rotatable bonds is 2. The molecule has 4 nitrogen and oxygen atoms in total. The summed E-state index contributed by atoms with van der Waals surface area (Å²) in [6.07, 6.45) is 3.73. The van der Waals surface area contributed by atoms with Gasteiger partial charge in [0.05, 0.1) is 18.1 Å². The Morgan fingerprint density at radius 2 is 2.27 bits per heavy atom. The number of nitrogens with zero attached hydrogens (tertiary/aromatic N) is 1. The first-order valence-electron chi connectivity index (χ1n) is 4.35. The summed E-state index contributed by atoms with van der Waals surface area (Å²) >= 11 is 1.58. The Hall–Kier alpha value is -1.49. The van der Waals surface area contributed by atoms with Gasteiger partial charge in [0.2, 0.25) is 0 Å². The average molecular weight is 222 g/mol. The molecule has 0 aliphatic heterocycles. The number of aromatic amines is 1. The Bertz CT molecular complexity index is 551. The summed E-state index contributed by atoms with van der Waals surface area (Å²) in [7, 11) is 1.46. The predicted molar refractivity (Wildman–Crippen MR) is 60.7 cm³/mol. The maximum absolute atomic E-state index is 11.4. The molecule has 0 aromatic carbocycles. The average Bonchev–Trinajstić information content (AvgIpc) is 2.27. The van der Waals surface area contributed by atoms with E-state index < -0.39 is 0 Å². The van der Waals surface area contributed by atoms with Crippen molar-refractivity contribution < 1.29 is 4.74 Å². The molecular weight excluding hydrogens is 212 g/mol. The normalized spacial score (nSPS) is 10.5. The van der Waals surface area contributed by atoms with Crippen LogP contribution in [0.2, 0.25) is 0 Å². The van der Waals surface area contributed by atoms with Gasteiger partial charge in [-0.2, -0.15) is 0 Å². The van der Waals surface area contributed by atoms with Crippen LogP contribution in [0.1, 0.15) is 0 Å². The van der Waals surface area contributed by atoms with Gasteiger partial charge >= 0.3 is 0 Å². The monoisotopic (exact) mass is 222 g/mol. The Morgan fingerprint density at radius 3 is 2.93 bits per heavy atom. The molecule has 2 heterocycles. The first-order chi connectivity index (χ1) is 7.24. The second-order valence-electron chi connectivity index (χ2n) is 2.97. The fourth-order valence-electron chi connectivity index (χ4n) is 1.31. The summed E-state index contributed by atoms with van der Waals surface area (Å²) in [5.41, 5.74) is 1.22. The predicted octanol–water partition coefficient (Wildman–Crippen LogP) is 1.65. The van der Waals surface area contributed by atoms with Crippen molar-refractivity contribution in [2.24, 2.45) is 0 Å². The van der Waals surface area contributed by atoms with E-state index in [9.17, 15) is 4.79 Å². The van der Waals surface area contributed by atoms with Gasteiger partial charge < -0.3 is 9.72 Å². The number of methoxy groups -OCH3 is 1. The van der Waals surface area contributed by atoms with Crippen LogP contribution in [-0.2, 0) is 0 Å². The second kappa shape index (κ2) is 3.94. The molecule has 0 saturated heterocycles. The zero-order valence-corrected chi connectivity index (χ0v) is 9.22. The molecule has 0 unspecified atom stereocenters. The van der Waals surface area contributed by atoms with Crippen LogP contribution in [0.5, 0.6) is 5.75 Å². The Morgan fingerprint density at radius 1 is 1.47 bits per heavy atom. The van der Waals surface area contributed by atoms with Crippen LogP contribution in [0.4, 0.5) is 0 Å². The lowest BCUT2D eigenvalue weighted by Gasteiger charge is -2.02. The van der Waals surface area contributed by atoms with Gasteiger partial charge in [-0.1, -0.05) is 0 Å². The molecule has 15 heavy (non-hydrogen) atoms. The number of thioether (sulfide) groups is 1. The van der Waals surface area contributed by atoms with Crippen molar-refractivity contribution >= 4 is 22.8 Å². The number of pyridine rings is 2. The van der Waals surface area contributed by atoms with Crippen molar-refractivity contribution in [3.8, 4) is 5.75 Å². The summed E-state index contributed by atoms with van der Waals surface area (Å²) in [5.74, 6) is 0.284. The molecule has 2 aromatic heterocycles. The van der Waals surface area contributed by atoms with Crippen LogP contribution in [-0.4, -0.2) is 23.3 Å². The standard InChI is InChI=1S/C10H10N2O2S/c1-14-9-4-7-8(12-10(9)13)3-6(15-2)5-11-7/h3-5H,1-2H3,(H,12,13). The van der Waals surface area contributed by atoms with Crippen molar-refractivity contribution in [3.63, 3.8) is 0 Å². The Balaban J connectivity index is 2.70. The lowest BCUT2D eigenvalue weighted by atomic mass is 10.3. The van der Waals surface area contributed by atoms with Gasteiger partial charge in [-0.05, 0) is 12.3 Å². The molecule has 0 atom stereocenters. The minimum atomic E-state index is -0.231. The van der Waals surface area contributed by atoms with Crippen molar-refractivity contribution in [2.75, 3.05) is 13.4 Å². The van der Waals surface area contributed by atoms with Gasteiger partial charge in [0.25, 0.3) is 5.56 Å². The first kappa shape index (κ1) is 10.0. The smallest absolute Gasteiger partial charge is 0.290 e. The largest absolute Gasteiger partial charge is 0.491 e. The van der Waals surface area contributed by atoms with E-state index in [0.717, 1.165) is 15.9 Å².